The molecular formula is C18H18N6O6S5. The molecule has 0 aliphatic carbocycles. The van der Waals surface area contributed by atoms with Gasteiger partial charge in [-0.1, -0.05) is 34.9 Å². The summed E-state index contributed by atoms with van der Waals surface area (Å²) in [5.74, 6) is -1.50. The molecule has 4 aliphatic heterocycles. The standard InChI is InChI=1S/C18H18N6O6S5/c19-7-11(25)23-9(15(27)28)5(1-31-13(7)23)3-33-17-21-22-18(35-17)34-4-6-2-32-14-8(20)12(26)24(14)10(6)16(29)30/h7-8,13-14H,1-4,19-20H2,(H,27,28)(H,29,30)/t7?,8?,13-,14-/m1/s1. The van der Waals surface area contributed by atoms with Gasteiger partial charge in [0.15, 0.2) is 8.68 Å². The number of carbonyl (C=O) groups excluding carboxylic acids is 2. The molecule has 1 aromatic heterocycles. The van der Waals surface area contributed by atoms with E-state index in [1.165, 1.54) is 68.2 Å². The molecule has 5 rings (SSSR count). The second-order valence-electron chi connectivity index (χ2n) is 7.80. The molecular weight excluding hydrogens is 557 g/mol. The highest BCUT2D eigenvalue weighted by molar-refractivity contribution is 8.03. The number of aliphatic carboxylic acids is 2. The molecule has 2 unspecified atom stereocenters. The Morgan fingerprint density at radius 1 is 0.857 bits per heavy atom. The van der Waals surface area contributed by atoms with Crippen molar-refractivity contribution in [2.75, 3.05) is 23.0 Å². The van der Waals surface area contributed by atoms with Crippen molar-refractivity contribution >= 4 is 82.1 Å². The lowest BCUT2D eigenvalue weighted by Gasteiger charge is -2.48. The number of hydrogen-bond donors (Lipinski definition) is 4. The molecule has 0 spiro atoms. The number of nitrogens with zero attached hydrogens (tertiary/aromatic N) is 4. The quantitative estimate of drug-likeness (QED) is 0.237. The van der Waals surface area contributed by atoms with Crippen LogP contribution in [0.15, 0.2) is 31.2 Å². The predicted molar refractivity (Wildman–Crippen MR) is 133 cm³/mol. The molecule has 0 aromatic carbocycles. The Labute approximate surface area is 219 Å². The molecule has 2 amide bonds. The smallest absolute Gasteiger partial charge is 0.352 e. The van der Waals surface area contributed by atoms with Crippen molar-refractivity contribution in [3.8, 4) is 0 Å². The lowest BCUT2D eigenvalue weighted by molar-refractivity contribution is -0.147. The molecule has 4 aliphatic rings. The summed E-state index contributed by atoms with van der Waals surface area (Å²) in [7, 11) is 0. The van der Waals surface area contributed by atoms with Gasteiger partial charge in [-0.3, -0.25) is 19.4 Å². The van der Waals surface area contributed by atoms with Crippen molar-refractivity contribution < 1.29 is 29.4 Å². The average molecular weight is 575 g/mol. The van der Waals surface area contributed by atoms with Crippen LogP contribution >= 0.6 is 58.4 Å². The van der Waals surface area contributed by atoms with E-state index in [0.29, 0.717) is 42.8 Å². The van der Waals surface area contributed by atoms with Crippen LogP contribution in [0.4, 0.5) is 0 Å². The molecule has 0 radical (unpaired) electrons. The topological polar surface area (TPSA) is 193 Å². The fourth-order valence-electron chi connectivity index (χ4n) is 3.99. The summed E-state index contributed by atoms with van der Waals surface area (Å²) < 4.78 is 1.25. The zero-order chi connectivity index (χ0) is 25.0. The van der Waals surface area contributed by atoms with Gasteiger partial charge in [0.05, 0.1) is 0 Å². The summed E-state index contributed by atoms with van der Waals surface area (Å²) in [4.78, 5) is 50.3. The van der Waals surface area contributed by atoms with Gasteiger partial charge in [0.25, 0.3) is 0 Å². The first-order valence-electron chi connectivity index (χ1n) is 10.1. The lowest BCUT2D eigenvalue weighted by Crippen LogP contribution is -2.68. The van der Waals surface area contributed by atoms with Gasteiger partial charge in [-0.2, -0.15) is 0 Å². The average Bonchev–Trinajstić information content (AvgIpc) is 3.31. The second-order valence-corrected chi connectivity index (χ2v) is 13.4. The fourth-order valence-corrected chi connectivity index (χ4v) is 9.88. The fraction of sp³-hybridized carbons (Fsp3) is 0.444. The molecule has 0 bridgehead atoms. The van der Waals surface area contributed by atoms with Crippen LogP contribution in [0.2, 0.25) is 0 Å². The molecule has 4 atom stereocenters. The zero-order valence-corrected chi connectivity index (χ0v) is 21.7. The van der Waals surface area contributed by atoms with Crippen LogP contribution in [0, 0.1) is 0 Å². The summed E-state index contributed by atoms with van der Waals surface area (Å²) in [5, 5.41) is 26.9. The van der Waals surface area contributed by atoms with E-state index in [1.807, 2.05) is 0 Å². The van der Waals surface area contributed by atoms with E-state index in [-0.39, 0.29) is 34.0 Å². The van der Waals surface area contributed by atoms with Crippen LogP contribution in [-0.2, 0) is 19.2 Å². The molecule has 1 aromatic rings. The summed E-state index contributed by atoms with van der Waals surface area (Å²) in [6.45, 7) is 0. The Morgan fingerprint density at radius 3 is 1.63 bits per heavy atom. The van der Waals surface area contributed by atoms with E-state index in [2.05, 4.69) is 10.2 Å². The minimum Gasteiger partial charge on any atom is -0.477 e. The van der Waals surface area contributed by atoms with Crippen molar-refractivity contribution in [1.29, 1.82) is 0 Å². The number of aromatic nitrogens is 2. The second kappa shape index (κ2) is 9.60. The van der Waals surface area contributed by atoms with Gasteiger partial charge in [0.1, 0.15) is 34.2 Å². The summed E-state index contributed by atoms with van der Waals surface area (Å²) in [6.07, 6.45) is 0. The van der Waals surface area contributed by atoms with Crippen LogP contribution in [0.5, 0.6) is 0 Å². The van der Waals surface area contributed by atoms with Gasteiger partial charge in [-0.25, -0.2) is 9.59 Å². The normalized spacial score (nSPS) is 27.9. The van der Waals surface area contributed by atoms with Crippen LogP contribution in [0.3, 0.4) is 0 Å². The first-order chi connectivity index (χ1) is 16.7. The monoisotopic (exact) mass is 574 g/mol. The summed E-state index contributed by atoms with van der Waals surface area (Å²) in [6, 6.07) is -1.35. The van der Waals surface area contributed by atoms with Crippen molar-refractivity contribution in [2.45, 2.75) is 31.5 Å². The van der Waals surface area contributed by atoms with Crippen molar-refractivity contribution in [1.82, 2.24) is 20.0 Å². The summed E-state index contributed by atoms with van der Waals surface area (Å²) >= 11 is 6.85. The van der Waals surface area contributed by atoms with E-state index in [4.69, 9.17) is 11.5 Å². The minimum absolute atomic E-state index is 0.00596. The first kappa shape index (κ1) is 24.9. The highest BCUT2D eigenvalue weighted by Gasteiger charge is 2.52. The highest BCUT2D eigenvalue weighted by atomic mass is 32.2. The number of fused-ring (bicyclic) bond motifs is 2. The van der Waals surface area contributed by atoms with Crippen molar-refractivity contribution in [3.05, 3.63) is 22.5 Å². The van der Waals surface area contributed by atoms with Gasteiger partial charge in [-0.05, 0) is 11.1 Å². The molecule has 2 fully saturated rings. The third-order valence-electron chi connectivity index (χ3n) is 5.71. The Kier molecular flexibility index (Phi) is 6.84. The third kappa shape index (κ3) is 4.25. The highest BCUT2D eigenvalue weighted by Crippen LogP contribution is 2.43. The molecule has 5 heterocycles. The number of amides is 2. The predicted octanol–water partition coefficient (Wildman–Crippen LogP) is -0.115. The SMILES string of the molecule is NC1C(=O)N2C(C(=O)O)=C(CSc3nnc(SCC4=C(C(=O)O)N5C(=O)C(N)[C@H]5SC4)s3)CS[C@H]12. The van der Waals surface area contributed by atoms with Gasteiger partial charge in [0, 0.05) is 23.0 Å². The van der Waals surface area contributed by atoms with Crippen LogP contribution in [0.1, 0.15) is 0 Å². The maximum atomic E-state index is 12.1. The van der Waals surface area contributed by atoms with Gasteiger partial charge >= 0.3 is 11.9 Å². The van der Waals surface area contributed by atoms with E-state index in [0.717, 1.165) is 0 Å². The Balaban J connectivity index is 1.23. The van der Waals surface area contributed by atoms with Crippen LogP contribution in [0.25, 0.3) is 0 Å². The van der Waals surface area contributed by atoms with Gasteiger partial charge < -0.3 is 21.7 Å². The molecule has 186 valence electrons. The molecule has 2 saturated heterocycles. The lowest BCUT2D eigenvalue weighted by atomic mass is 10.0. The Hall–Kier alpha value is -1.76. The Morgan fingerprint density at radius 2 is 1.26 bits per heavy atom. The van der Waals surface area contributed by atoms with E-state index in [9.17, 15) is 29.4 Å². The van der Waals surface area contributed by atoms with Crippen molar-refractivity contribution in [3.63, 3.8) is 0 Å². The number of hydrogen-bond acceptors (Lipinski definition) is 13. The number of nitrogens with two attached hydrogens (primary N) is 2. The zero-order valence-electron chi connectivity index (χ0n) is 17.7. The number of rotatable bonds is 8. The number of carbonyl (C=O) groups is 4. The van der Waals surface area contributed by atoms with E-state index in [1.54, 1.807) is 0 Å². The first-order valence-corrected chi connectivity index (χ1v) is 15.0. The van der Waals surface area contributed by atoms with E-state index < -0.39 is 24.0 Å². The largest absolute Gasteiger partial charge is 0.477 e. The van der Waals surface area contributed by atoms with Crippen molar-refractivity contribution in [2.24, 2.45) is 11.5 Å². The molecule has 17 heteroatoms. The Bertz CT molecular complexity index is 1110. The van der Waals surface area contributed by atoms with Gasteiger partial charge in [0.2, 0.25) is 11.8 Å². The van der Waals surface area contributed by atoms with Crippen LogP contribution in [-0.4, -0.2) is 99.8 Å². The number of carboxylic acid groups (broad SMARTS) is 2. The molecule has 6 N–H and O–H groups in total. The van der Waals surface area contributed by atoms with Gasteiger partial charge in [-0.15, -0.1) is 33.7 Å². The number of thioether (sulfide) groups is 4. The molecule has 35 heavy (non-hydrogen) atoms. The molecule has 0 saturated carbocycles. The third-order valence-corrected chi connectivity index (χ3v) is 11.8. The van der Waals surface area contributed by atoms with E-state index >= 15 is 0 Å². The molecule has 12 nitrogen and oxygen atoms in total. The number of β-lactam (4-membered cyclic amide) rings is 2. The maximum absolute atomic E-state index is 12.1. The number of carboxylic acids is 2. The van der Waals surface area contributed by atoms with Crippen LogP contribution < -0.4 is 11.5 Å². The maximum Gasteiger partial charge on any atom is 0.352 e. The summed E-state index contributed by atoms with van der Waals surface area (Å²) in [5.41, 5.74) is 12.8. The minimum atomic E-state index is -1.16.